The van der Waals surface area contributed by atoms with Gasteiger partial charge >= 0.3 is 0 Å². The summed E-state index contributed by atoms with van der Waals surface area (Å²) in [6, 6.07) is 4.64. The summed E-state index contributed by atoms with van der Waals surface area (Å²) >= 11 is 1.88. The molecule has 1 aliphatic carbocycles. The minimum absolute atomic E-state index is 0.203. The van der Waals surface area contributed by atoms with Crippen molar-refractivity contribution < 1.29 is 9.18 Å². The first-order valence-corrected chi connectivity index (χ1v) is 7.15. The largest absolute Gasteiger partial charge is 0.323 e. The van der Waals surface area contributed by atoms with Crippen molar-refractivity contribution in [1.82, 2.24) is 0 Å². The number of halogens is 2. The lowest BCUT2D eigenvalue weighted by atomic mass is 9.82. The van der Waals surface area contributed by atoms with E-state index in [1.165, 1.54) is 6.07 Å². The van der Waals surface area contributed by atoms with Crippen LogP contribution in [0.15, 0.2) is 18.2 Å². The van der Waals surface area contributed by atoms with E-state index in [2.05, 4.69) is 5.32 Å². The standard InChI is InChI=1S/C13H16FIN2O/c14-9-5-4-6-10(11(9)15)17-12(18)13(16)7-2-1-3-8-13/h4-6H,1-3,7-8,16H2,(H,17,18). The second-order valence-corrected chi connectivity index (χ2v) is 5.85. The Hall–Kier alpha value is -0.690. The fourth-order valence-corrected chi connectivity index (χ4v) is 2.75. The van der Waals surface area contributed by atoms with E-state index in [4.69, 9.17) is 5.73 Å². The van der Waals surface area contributed by atoms with Gasteiger partial charge in [-0.25, -0.2) is 4.39 Å². The molecule has 5 heteroatoms. The summed E-state index contributed by atoms with van der Waals surface area (Å²) in [7, 11) is 0. The van der Waals surface area contributed by atoms with Crippen molar-refractivity contribution in [2.45, 2.75) is 37.6 Å². The molecule has 3 nitrogen and oxygen atoms in total. The van der Waals surface area contributed by atoms with Gasteiger partial charge in [-0.3, -0.25) is 4.79 Å². The van der Waals surface area contributed by atoms with Crippen molar-refractivity contribution in [3.05, 3.63) is 27.6 Å². The number of hydrogen-bond donors (Lipinski definition) is 2. The summed E-state index contributed by atoms with van der Waals surface area (Å²) in [5, 5.41) is 2.75. The number of rotatable bonds is 2. The molecular weight excluding hydrogens is 346 g/mol. The molecule has 18 heavy (non-hydrogen) atoms. The van der Waals surface area contributed by atoms with Crippen LogP contribution in [-0.2, 0) is 4.79 Å². The van der Waals surface area contributed by atoms with Gasteiger partial charge in [0.1, 0.15) is 5.82 Å². The Kier molecular flexibility index (Phi) is 4.21. The molecule has 0 spiro atoms. The monoisotopic (exact) mass is 362 g/mol. The molecule has 0 unspecified atom stereocenters. The Morgan fingerprint density at radius 2 is 2.00 bits per heavy atom. The normalized spacial score (nSPS) is 18.4. The first-order valence-electron chi connectivity index (χ1n) is 6.07. The Bertz CT molecular complexity index is 458. The topological polar surface area (TPSA) is 55.1 Å². The van der Waals surface area contributed by atoms with Gasteiger partial charge in [0.05, 0.1) is 14.8 Å². The number of anilines is 1. The minimum Gasteiger partial charge on any atom is -0.323 e. The molecular formula is C13H16FIN2O. The number of carbonyl (C=O) groups is 1. The van der Waals surface area contributed by atoms with Crippen molar-refractivity contribution in [2.75, 3.05) is 5.32 Å². The van der Waals surface area contributed by atoms with Crippen LogP contribution in [-0.4, -0.2) is 11.4 Å². The highest BCUT2D eigenvalue weighted by atomic mass is 127. The minimum atomic E-state index is -0.798. The Morgan fingerprint density at radius 1 is 1.33 bits per heavy atom. The number of carbonyl (C=O) groups excluding carboxylic acids is 1. The molecule has 1 fully saturated rings. The van der Waals surface area contributed by atoms with Gasteiger partial charge in [0.25, 0.3) is 0 Å². The van der Waals surface area contributed by atoms with Crippen molar-refractivity contribution >= 4 is 34.2 Å². The molecule has 0 bridgehead atoms. The number of amides is 1. The van der Waals surface area contributed by atoms with Crippen LogP contribution in [0, 0.1) is 9.39 Å². The van der Waals surface area contributed by atoms with Crippen molar-refractivity contribution in [3.8, 4) is 0 Å². The second-order valence-electron chi connectivity index (χ2n) is 4.77. The summed E-state index contributed by atoms with van der Waals surface area (Å²) in [6.45, 7) is 0. The van der Waals surface area contributed by atoms with E-state index in [1.54, 1.807) is 12.1 Å². The van der Waals surface area contributed by atoms with Crippen molar-refractivity contribution in [2.24, 2.45) is 5.73 Å². The van der Waals surface area contributed by atoms with Crippen LogP contribution in [0.5, 0.6) is 0 Å². The molecule has 0 heterocycles. The molecule has 0 atom stereocenters. The zero-order chi connectivity index (χ0) is 13.2. The summed E-state index contributed by atoms with van der Waals surface area (Å²) in [5.41, 5.74) is 5.83. The Labute approximate surface area is 119 Å². The average Bonchev–Trinajstić information content (AvgIpc) is 2.36. The predicted octanol–water partition coefficient (Wildman–Crippen LogP) is 3.03. The van der Waals surface area contributed by atoms with E-state index in [1.807, 2.05) is 22.6 Å². The Morgan fingerprint density at radius 3 is 2.67 bits per heavy atom. The summed E-state index contributed by atoms with van der Waals surface area (Å²) < 4.78 is 13.8. The highest BCUT2D eigenvalue weighted by Crippen LogP contribution is 2.28. The molecule has 0 radical (unpaired) electrons. The van der Waals surface area contributed by atoms with E-state index in [-0.39, 0.29) is 11.7 Å². The predicted molar refractivity (Wildman–Crippen MR) is 77.8 cm³/mol. The second kappa shape index (κ2) is 5.52. The van der Waals surface area contributed by atoms with Crippen LogP contribution < -0.4 is 11.1 Å². The lowest BCUT2D eigenvalue weighted by Crippen LogP contribution is -2.52. The number of nitrogens with one attached hydrogen (secondary N) is 1. The molecule has 0 aromatic heterocycles. The van der Waals surface area contributed by atoms with E-state index >= 15 is 0 Å². The fraction of sp³-hybridized carbons (Fsp3) is 0.462. The van der Waals surface area contributed by atoms with Gasteiger partial charge in [0.2, 0.25) is 5.91 Å². The van der Waals surface area contributed by atoms with Crippen molar-refractivity contribution in [3.63, 3.8) is 0 Å². The maximum Gasteiger partial charge on any atom is 0.244 e. The third-order valence-electron chi connectivity index (χ3n) is 3.40. The Balaban J connectivity index is 2.13. The molecule has 98 valence electrons. The third-order valence-corrected chi connectivity index (χ3v) is 4.49. The number of benzene rings is 1. The lowest BCUT2D eigenvalue weighted by Gasteiger charge is -2.31. The molecule has 1 amide bonds. The van der Waals surface area contributed by atoms with Gasteiger partial charge in [-0.2, -0.15) is 0 Å². The highest BCUT2D eigenvalue weighted by Gasteiger charge is 2.35. The molecule has 1 aliphatic rings. The van der Waals surface area contributed by atoms with E-state index < -0.39 is 5.54 Å². The number of hydrogen-bond acceptors (Lipinski definition) is 2. The first kappa shape index (κ1) is 13.7. The highest BCUT2D eigenvalue weighted by molar-refractivity contribution is 14.1. The van der Waals surface area contributed by atoms with Crippen LogP contribution >= 0.6 is 22.6 Å². The maximum absolute atomic E-state index is 13.4. The average molecular weight is 362 g/mol. The lowest BCUT2D eigenvalue weighted by molar-refractivity contribution is -0.122. The zero-order valence-electron chi connectivity index (χ0n) is 10.0. The summed E-state index contributed by atoms with van der Waals surface area (Å²) in [4.78, 5) is 12.2. The van der Waals surface area contributed by atoms with Crippen molar-refractivity contribution in [1.29, 1.82) is 0 Å². The first-order chi connectivity index (χ1) is 8.53. The smallest absolute Gasteiger partial charge is 0.244 e. The van der Waals surface area contributed by atoms with Crippen LogP contribution in [0.2, 0.25) is 0 Å². The van der Waals surface area contributed by atoms with Gasteiger partial charge in [-0.1, -0.05) is 25.3 Å². The van der Waals surface area contributed by atoms with Gasteiger partial charge in [-0.05, 0) is 47.6 Å². The quantitative estimate of drug-likeness (QED) is 0.795. The molecule has 0 aliphatic heterocycles. The molecule has 3 N–H and O–H groups in total. The van der Waals surface area contributed by atoms with Crippen LogP contribution in [0.1, 0.15) is 32.1 Å². The fourth-order valence-electron chi connectivity index (χ4n) is 2.26. The van der Waals surface area contributed by atoms with Gasteiger partial charge < -0.3 is 11.1 Å². The SMILES string of the molecule is NC1(C(=O)Nc2cccc(F)c2I)CCCCC1. The van der Waals surface area contributed by atoms with Gasteiger partial charge in [0, 0.05) is 0 Å². The molecule has 1 saturated carbocycles. The van der Waals surface area contributed by atoms with Gasteiger partial charge in [0.15, 0.2) is 0 Å². The van der Waals surface area contributed by atoms with Crippen LogP contribution in [0.4, 0.5) is 10.1 Å². The number of nitrogens with two attached hydrogens (primary N) is 1. The van der Waals surface area contributed by atoms with Crippen LogP contribution in [0.25, 0.3) is 0 Å². The third kappa shape index (κ3) is 2.83. The maximum atomic E-state index is 13.4. The van der Waals surface area contributed by atoms with E-state index in [9.17, 15) is 9.18 Å². The molecule has 0 saturated heterocycles. The van der Waals surface area contributed by atoms with E-state index in [0.29, 0.717) is 22.1 Å². The van der Waals surface area contributed by atoms with E-state index in [0.717, 1.165) is 19.3 Å². The van der Waals surface area contributed by atoms with Crippen LogP contribution in [0.3, 0.4) is 0 Å². The molecule has 1 aromatic rings. The summed E-state index contributed by atoms with van der Waals surface area (Å²) in [6.07, 6.45) is 4.48. The zero-order valence-corrected chi connectivity index (χ0v) is 12.2. The van der Waals surface area contributed by atoms with Gasteiger partial charge in [-0.15, -0.1) is 0 Å². The molecule has 1 aromatic carbocycles. The summed E-state index contributed by atoms with van der Waals surface area (Å²) in [5.74, 6) is -0.533. The molecule has 2 rings (SSSR count).